The molecule has 80 valence electrons. The molecule has 0 bridgehead atoms. The molecule has 0 fully saturated rings. The number of ether oxygens (including phenoxy) is 1. The molecular formula is C12H14FNO. The van der Waals surface area contributed by atoms with Gasteiger partial charge < -0.3 is 9.72 Å². The van der Waals surface area contributed by atoms with Crippen LogP contribution in [0.25, 0.3) is 10.9 Å². The minimum atomic E-state index is -0.222. The second kappa shape index (κ2) is 4.03. The van der Waals surface area contributed by atoms with Gasteiger partial charge in [-0.3, -0.25) is 0 Å². The Morgan fingerprint density at radius 1 is 1.33 bits per heavy atom. The van der Waals surface area contributed by atoms with Crippen LogP contribution in [0.5, 0.6) is 0 Å². The van der Waals surface area contributed by atoms with E-state index in [4.69, 9.17) is 4.74 Å². The lowest BCUT2D eigenvalue weighted by Gasteiger charge is -2.04. The molecule has 0 radical (unpaired) electrons. The predicted molar refractivity (Wildman–Crippen MR) is 58.2 cm³/mol. The van der Waals surface area contributed by atoms with Gasteiger partial charge in [0, 0.05) is 11.2 Å². The number of fused-ring (bicyclic) bond motifs is 1. The summed E-state index contributed by atoms with van der Waals surface area (Å²) in [5.41, 5.74) is 1.79. The van der Waals surface area contributed by atoms with E-state index < -0.39 is 0 Å². The summed E-state index contributed by atoms with van der Waals surface area (Å²) < 4.78 is 18.4. The van der Waals surface area contributed by atoms with E-state index in [-0.39, 0.29) is 11.9 Å². The van der Waals surface area contributed by atoms with Crippen LogP contribution in [0, 0.1) is 5.82 Å². The molecule has 1 aromatic carbocycles. The Morgan fingerprint density at radius 2 is 2.13 bits per heavy atom. The molecule has 2 rings (SSSR count). The van der Waals surface area contributed by atoms with Gasteiger partial charge in [-0.25, -0.2) is 4.39 Å². The van der Waals surface area contributed by atoms with Gasteiger partial charge in [0.05, 0.1) is 12.7 Å². The molecule has 0 saturated carbocycles. The number of nitrogens with one attached hydrogen (secondary N) is 1. The van der Waals surface area contributed by atoms with E-state index in [1.807, 2.05) is 19.9 Å². The fourth-order valence-corrected chi connectivity index (χ4v) is 1.49. The van der Waals surface area contributed by atoms with Crippen LogP contribution in [0.4, 0.5) is 4.39 Å². The van der Waals surface area contributed by atoms with Crippen molar-refractivity contribution < 1.29 is 9.13 Å². The quantitative estimate of drug-likeness (QED) is 0.821. The molecule has 1 aromatic heterocycles. The van der Waals surface area contributed by atoms with Crippen LogP contribution in [0.3, 0.4) is 0 Å². The van der Waals surface area contributed by atoms with Crippen molar-refractivity contribution in [2.75, 3.05) is 0 Å². The summed E-state index contributed by atoms with van der Waals surface area (Å²) in [6, 6.07) is 6.70. The Balaban J connectivity index is 2.23. The SMILES string of the molecule is CC(C)OCc1cc2ccc(F)cc2[nH]1. The summed E-state index contributed by atoms with van der Waals surface area (Å²) in [4.78, 5) is 3.13. The molecule has 0 amide bonds. The van der Waals surface area contributed by atoms with Gasteiger partial charge in [-0.15, -0.1) is 0 Å². The average Bonchev–Trinajstić information content (AvgIpc) is 2.56. The Labute approximate surface area is 88.1 Å². The molecule has 2 aromatic rings. The molecule has 0 spiro atoms. The molecule has 2 nitrogen and oxygen atoms in total. The lowest BCUT2D eigenvalue weighted by atomic mass is 10.2. The second-order valence-corrected chi connectivity index (χ2v) is 3.89. The van der Waals surface area contributed by atoms with Gasteiger partial charge in [-0.1, -0.05) is 0 Å². The van der Waals surface area contributed by atoms with Crippen molar-refractivity contribution in [3.63, 3.8) is 0 Å². The number of benzene rings is 1. The number of H-pyrrole nitrogens is 1. The van der Waals surface area contributed by atoms with Crippen molar-refractivity contribution in [1.82, 2.24) is 4.98 Å². The summed E-state index contributed by atoms with van der Waals surface area (Å²) in [6.07, 6.45) is 0.202. The zero-order valence-corrected chi connectivity index (χ0v) is 8.88. The molecule has 1 N–H and O–H groups in total. The highest BCUT2D eigenvalue weighted by Crippen LogP contribution is 2.17. The maximum absolute atomic E-state index is 12.9. The maximum atomic E-state index is 12.9. The summed E-state index contributed by atoms with van der Waals surface area (Å²) >= 11 is 0. The molecule has 0 saturated heterocycles. The standard InChI is InChI=1S/C12H14FNO/c1-8(2)15-7-11-5-9-3-4-10(13)6-12(9)14-11/h3-6,8,14H,7H2,1-2H3. The maximum Gasteiger partial charge on any atom is 0.125 e. The normalized spacial score (nSPS) is 11.5. The van der Waals surface area contributed by atoms with Gasteiger partial charge in [0.2, 0.25) is 0 Å². The third kappa shape index (κ3) is 2.36. The molecule has 0 aliphatic carbocycles. The lowest BCUT2D eigenvalue weighted by molar-refractivity contribution is 0.0639. The third-order valence-electron chi connectivity index (χ3n) is 2.21. The largest absolute Gasteiger partial charge is 0.373 e. The van der Waals surface area contributed by atoms with Gasteiger partial charge >= 0.3 is 0 Å². The highest BCUT2D eigenvalue weighted by atomic mass is 19.1. The Morgan fingerprint density at radius 3 is 2.87 bits per heavy atom. The molecule has 0 unspecified atom stereocenters. The number of rotatable bonds is 3. The van der Waals surface area contributed by atoms with E-state index in [0.29, 0.717) is 6.61 Å². The number of hydrogen-bond donors (Lipinski definition) is 1. The predicted octanol–water partition coefficient (Wildman–Crippen LogP) is 3.23. The smallest absolute Gasteiger partial charge is 0.125 e. The molecule has 0 aliphatic rings. The van der Waals surface area contributed by atoms with Crippen LogP contribution in [0.2, 0.25) is 0 Å². The van der Waals surface area contributed by atoms with E-state index in [9.17, 15) is 4.39 Å². The lowest BCUT2D eigenvalue weighted by Crippen LogP contribution is -2.02. The zero-order valence-electron chi connectivity index (χ0n) is 8.88. The van der Waals surface area contributed by atoms with Crippen LogP contribution in [0.15, 0.2) is 24.3 Å². The van der Waals surface area contributed by atoms with E-state index in [2.05, 4.69) is 4.98 Å². The van der Waals surface area contributed by atoms with Crippen molar-refractivity contribution in [3.8, 4) is 0 Å². The Bertz CT molecular complexity index is 462. The van der Waals surface area contributed by atoms with Crippen molar-refractivity contribution in [3.05, 3.63) is 35.8 Å². The Hall–Kier alpha value is -1.35. The molecule has 0 atom stereocenters. The third-order valence-corrected chi connectivity index (χ3v) is 2.21. The highest BCUT2D eigenvalue weighted by molar-refractivity contribution is 5.80. The van der Waals surface area contributed by atoms with Crippen molar-refractivity contribution in [1.29, 1.82) is 0 Å². The monoisotopic (exact) mass is 207 g/mol. The van der Waals surface area contributed by atoms with Gasteiger partial charge in [0.1, 0.15) is 5.82 Å². The van der Waals surface area contributed by atoms with E-state index in [1.165, 1.54) is 12.1 Å². The molecule has 3 heteroatoms. The van der Waals surface area contributed by atoms with Crippen LogP contribution < -0.4 is 0 Å². The van der Waals surface area contributed by atoms with E-state index >= 15 is 0 Å². The first kappa shape index (κ1) is 10.2. The first-order valence-electron chi connectivity index (χ1n) is 5.04. The number of halogens is 1. The number of hydrogen-bond acceptors (Lipinski definition) is 1. The fourth-order valence-electron chi connectivity index (χ4n) is 1.49. The van der Waals surface area contributed by atoms with Gasteiger partial charge in [-0.2, -0.15) is 0 Å². The van der Waals surface area contributed by atoms with Crippen LogP contribution in [-0.4, -0.2) is 11.1 Å². The highest BCUT2D eigenvalue weighted by Gasteiger charge is 2.02. The van der Waals surface area contributed by atoms with Crippen LogP contribution in [0.1, 0.15) is 19.5 Å². The van der Waals surface area contributed by atoms with E-state index in [1.54, 1.807) is 6.07 Å². The number of aromatic amines is 1. The van der Waals surface area contributed by atoms with Gasteiger partial charge in [0.25, 0.3) is 0 Å². The Kier molecular flexibility index (Phi) is 2.73. The van der Waals surface area contributed by atoms with Crippen LogP contribution in [-0.2, 0) is 11.3 Å². The van der Waals surface area contributed by atoms with Gasteiger partial charge in [0.15, 0.2) is 0 Å². The first-order valence-corrected chi connectivity index (χ1v) is 5.04. The summed E-state index contributed by atoms with van der Waals surface area (Å²) in [5, 5.41) is 1.01. The number of aromatic nitrogens is 1. The second-order valence-electron chi connectivity index (χ2n) is 3.89. The zero-order chi connectivity index (χ0) is 10.8. The molecule has 0 aliphatic heterocycles. The summed E-state index contributed by atoms with van der Waals surface area (Å²) in [5.74, 6) is -0.222. The van der Waals surface area contributed by atoms with E-state index in [0.717, 1.165) is 16.6 Å². The minimum absolute atomic E-state index is 0.202. The topological polar surface area (TPSA) is 25.0 Å². The van der Waals surface area contributed by atoms with Crippen LogP contribution >= 0.6 is 0 Å². The van der Waals surface area contributed by atoms with Crippen molar-refractivity contribution >= 4 is 10.9 Å². The summed E-state index contributed by atoms with van der Waals surface area (Å²) in [7, 11) is 0. The van der Waals surface area contributed by atoms with Crippen molar-refractivity contribution in [2.24, 2.45) is 0 Å². The summed E-state index contributed by atoms with van der Waals surface area (Å²) in [6.45, 7) is 4.51. The van der Waals surface area contributed by atoms with Gasteiger partial charge in [-0.05, 0) is 43.5 Å². The minimum Gasteiger partial charge on any atom is -0.373 e. The first-order chi connectivity index (χ1) is 7.15. The van der Waals surface area contributed by atoms with Crippen molar-refractivity contribution in [2.45, 2.75) is 26.6 Å². The molecule has 1 heterocycles. The fraction of sp³-hybridized carbons (Fsp3) is 0.333. The molecule has 15 heavy (non-hydrogen) atoms. The molecular weight excluding hydrogens is 193 g/mol. The average molecular weight is 207 g/mol.